The van der Waals surface area contributed by atoms with E-state index in [1.165, 1.54) is 19.3 Å². The molecule has 0 bridgehead atoms. The van der Waals surface area contributed by atoms with Gasteiger partial charge in [-0.1, -0.05) is 81.1 Å². The minimum atomic E-state index is -1.11. The van der Waals surface area contributed by atoms with Gasteiger partial charge in [0.1, 0.15) is 0 Å². The SMILES string of the molecule is CCCCCCCO[C@@]1(c2ccccc2)OC(=O)c2ccccc21. The van der Waals surface area contributed by atoms with Crippen LogP contribution in [-0.4, -0.2) is 12.6 Å². The van der Waals surface area contributed by atoms with Gasteiger partial charge >= 0.3 is 5.97 Å². The molecule has 0 fully saturated rings. The van der Waals surface area contributed by atoms with Gasteiger partial charge in [0.2, 0.25) is 0 Å². The predicted molar refractivity (Wildman–Crippen MR) is 93.8 cm³/mol. The Morgan fingerprint density at radius 1 is 0.917 bits per heavy atom. The molecule has 3 heteroatoms. The molecule has 2 aromatic rings. The summed E-state index contributed by atoms with van der Waals surface area (Å²) in [4.78, 5) is 12.3. The van der Waals surface area contributed by atoms with Gasteiger partial charge in [-0.15, -0.1) is 0 Å². The van der Waals surface area contributed by atoms with Crippen LogP contribution in [0.4, 0.5) is 0 Å². The second kappa shape index (κ2) is 7.63. The minimum absolute atomic E-state index is 0.319. The lowest BCUT2D eigenvalue weighted by Crippen LogP contribution is -2.32. The number of cyclic esters (lactones) is 1. The van der Waals surface area contributed by atoms with Crippen molar-refractivity contribution in [3.05, 3.63) is 71.3 Å². The lowest BCUT2D eigenvalue weighted by atomic mass is 9.95. The summed E-state index contributed by atoms with van der Waals surface area (Å²) in [6.07, 6.45) is 5.79. The van der Waals surface area contributed by atoms with Crippen molar-refractivity contribution in [2.24, 2.45) is 0 Å². The molecule has 0 saturated carbocycles. The number of hydrogen-bond acceptors (Lipinski definition) is 3. The number of rotatable bonds is 8. The average molecular weight is 324 g/mol. The monoisotopic (exact) mass is 324 g/mol. The molecule has 2 aromatic carbocycles. The van der Waals surface area contributed by atoms with E-state index in [9.17, 15) is 4.79 Å². The van der Waals surface area contributed by atoms with E-state index in [4.69, 9.17) is 9.47 Å². The van der Waals surface area contributed by atoms with Crippen LogP contribution in [-0.2, 0) is 15.3 Å². The molecular weight excluding hydrogens is 300 g/mol. The standard InChI is InChI=1S/C21H24O3/c1-2-3-4-5-11-16-23-21(17-12-7-6-8-13-17)19-15-10-9-14-18(19)20(22)24-21/h6-10,12-15H,2-5,11,16H2,1H3/t21-/m0/s1. The number of benzene rings is 2. The number of hydrogen-bond donors (Lipinski definition) is 0. The van der Waals surface area contributed by atoms with E-state index in [2.05, 4.69) is 6.92 Å². The van der Waals surface area contributed by atoms with Crippen molar-refractivity contribution < 1.29 is 14.3 Å². The summed E-state index contributed by atoms with van der Waals surface area (Å²) in [6, 6.07) is 17.2. The van der Waals surface area contributed by atoms with Crippen LogP contribution >= 0.6 is 0 Å². The largest absolute Gasteiger partial charge is 0.420 e. The highest BCUT2D eigenvalue weighted by atomic mass is 16.7. The van der Waals surface area contributed by atoms with Gasteiger partial charge in [-0.25, -0.2) is 4.79 Å². The molecule has 1 heterocycles. The van der Waals surface area contributed by atoms with Gasteiger partial charge in [-0.2, -0.15) is 0 Å². The molecule has 3 rings (SSSR count). The van der Waals surface area contributed by atoms with Gasteiger partial charge in [0.05, 0.1) is 12.2 Å². The van der Waals surface area contributed by atoms with Crippen LogP contribution in [0.2, 0.25) is 0 Å². The molecule has 24 heavy (non-hydrogen) atoms. The van der Waals surface area contributed by atoms with Gasteiger partial charge in [-0.05, 0) is 12.5 Å². The van der Waals surface area contributed by atoms with Crippen molar-refractivity contribution in [3.63, 3.8) is 0 Å². The molecule has 0 radical (unpaired) electrons. The zero-order valence-electron chi connectivity index (χ0n) is 14.2. The van der Waals surface area contributed by atoms with Gasteiger partial charge in [0.25, 0.3) is 5.79 Å². The second-order valence-electron chi connectivity index (χ2n) is 6.18. The summed E-state index contributed by atoms with van der Waals surface area (Å²) in [5.41, 5.74) is 2.25. The molecule has 3 nitrogen and oxygen atoms in total. The Morgan fingerprint density at radius 2 is 1.62 bits per heavy atom. The number of carbonyl (C=O) groups excluding carboxylic acids is 1. The van der Waals surface area contributed by atoms with Gasteiger partial charge in [-0.3, -0.25) is 0 Å². The smallest absolute Gasteiger partial charge is 0.341 e. The highest BCUT2D eigenvalue weighted by molar-refractivity contribution is 5.95. The van der Waals surface area contributed by atoms with Crippen LogP contribution in [0.25, 0.3) is 0 Å². The van der Waals surface area contributed by atoms with Crippen LogP contribution in [0, 0.1) is 0 Å². The number of carbonyl (C=O) groups is 1. The third kappa shape index (κ3) is 3.22. The fourth-order valence-corrected chi connectivity index (χ4v) is 3.17. The number of unbranched alkanes of at least 4 members (excludes halogenated alkanes) is 4. The maximum absolute atomic E-state index is 12.3. The molecule has 0 saturated heterocycles. The van der Waals surface area contributed by atoms with E-state index >= 15 is 0 Å². The van der Waals surface area contributed by atoms with Crippen LogP contribution in [0.15, 0.2) is 54.6 Å². The molecule has 1 aliphatic rings. The summed E-state index contributed by atoms with van der Waals surface area (Å²) in [6.45, 7) is 2.77. The average Bonchev–Trinajstić information content (AvgIpc) is 2.92. The van der Waals surface area contributed by atoms with E-state index in [-0.39, 0.29) is 5.97 Å². The highest BCUT2D eigenvalue weighted by Gasteiger charge is 2.48. The summed E-state index contributed by atoms with van der Waals surface area (Å²) >= 11 is 0. The number of fused-ring (bicyclic) bond motifs is 1. The molecule has 0 unspecified atom stereocenters. The van der Waals surface area contributed by atoms with Gasteiger partial charge < -0.3 is 9.47 Å². The molecule has 126 valence electrons. The topological polar surface area (TPSA) is 35.5 Å². The lowest BCUT2D eigenvalue weighted by Gasteiger charge is -2.29. The van der Waals surface area contributed by atoms with Crippen molar-refractivity contribution >= 4 is 5.97 Å². The number of esters is 1. The highest BCUT2D eigenvalue weighted by Crippen LogP contribution is 2.42. The molecule has 0 N–H and O–H groups in total. The van der Waals surface area contributed by atoms with Crippen LogP contribution < -0.4 is 0 Å². The molecule has 0 aromatic heterocycles. The van der Waals surface area contributed by atoms with Gasteiger partial charge in [0.15, 0.2) is 0 Å². The van der Waals surface area contributed by atoms with Crippen molar-refractivity contribution in [1.29, 1.82) is 0 Å². The van der Waals surface area contributed by atoms with Gasteiger partial charge in [0, 0.05) is 11.1 Å². The first-order valence-electron chi connectivity index (χ1n) is 8.80. The molecule has 0 spiro atoms. The molecular formula is C21H24O3. The summed E-state index contributed by atoms with van der Waals surface area (Å²) < 4.78 is 12.0. The van der Waals surface area contributed by atoms with Crippen LogP contribution in [0.3, 0.4) is 0 Å². The Hall–Kier alpha value is -2.13. The zero-order chi connectivity index (χ0) is 16.8. The number of ether oxygens (including phenoxy) is 2. The maximum Gasteiger partial charge on any atom is 0.341 e. The predicted octanol–water partition coefficient (Wildman–Crippen LogP) is 5.05. The third-order valence-electron chi connectivity index (χ3n) is 4.45. The third-order valence-corrected chi connectivity index (χ3v) is 4.45. The van der Waals surface area contributed by atoms with Crippen molar-refractivity contribution in [2.45, 2.75) is 44.8 Å². The molecule has 0 amide bonds. The molecule has 0 aliphatic carbocycles. The summed E-state index contributed by atoms with van der Waals surface area (Å²) in [5.74, 6) is -1.43. The van der Waals surface area contributed by atoms with Crippen molar-refractivity contribution in [3.8, 4) is 0 Å². The van der Waals surface area contributed by atoms with E-state index in [0.29, 0.717) is 12.2 Å². The van der Waals surface area contributed by atoms with E-state index in [1.807, 2.05) is 48.5 Å². The Bertz CT molecular complexity index is 680. The van der Waals surface area contributed by atoms with Crippen molar-refractivity contribution in [2.75, 3.05) is 6.61 Å². The fraction of sp³-hybridized carbons (Fsp3) is 0.381. The summed E-state index contributed by atoms with van der Waals surface area (Å²) in [5, 5.41) is 0. The Balaban J connectivity index is 1.83. The molecule has 1 atom stereocenters. The first kappa shape index (κ1) is 16.7. The fourth-order valence-electron chi connectivity index (χ4n) is 3.17. The second-order valence-corrected chi connectivity index (χ2v) is 6.18. The first-order valence-corrected chi connectivity index (χ1v) is 8.80. The van der Waals surface area contributed by atoms with E-state index in [0.717, 1.165) is 24.0 Å². The minimum Gasteiger partial charge on any atom is -0.420 e. The Labute approximate surface area is 143 Å². The molecule has 1 aliphatic heterocycles. The maximum atomic E-state index is 12.3. The van der Waals surface area contributed by atoms with E-state index in [1.54, 1.807) is 6.07 Å². The summed E-state index contributed by atoms with van der Waals surface area (Å²) in [7, 11) is 0. The quantitative estimate of drug-likeness (QED) is 0.504. The normalized spacial score (nSPS) is 19.1. The first-order chi connectivity index (χ1) is 11.8. The van der Waals surface area contributed by atoms with Crippen LogP contribution in [0.1, 0.15) is 60.5 Å². The van der Waals surface area contributed by atoms with Crippen LogP contribution in [0.5, 0.6) is 0 Å². The Morgan fingerprint density at radius 3 is 2.42 bits per heavy atom. The zero-order valence-corrected chi connectivity index (χ0v) is 14.2. The van der Waals surface area contributed by atoms with E-state index < -0.39 is 5.79 Å². The Kier molecular flexibility index (Phi) is 5.31. The van der Waals surface area contributed by atoms with Crippen molar-refractivity contribution in [1.82, 2.24) is 0 Å². The lowest BCUT2D eigenvalue weighted by molar-refractivity contribution is -0.174.